The van der Waals surface area contributed by atoms with Gasteiger partial charge in [0.2, 0.25) is 0 Å². The summed E-state index contributed by atoms with van der Waals surface area (Å²) in [6.07, 6.45) is 1.40. The van der Waals surface area contributed by atoms with Crippen molar-refractivity contribution < 1.29 is 35.3 Å². The monoisotopic (exact) mass is 447 g/mol. The molecule has 166 valence electrons. The molecule has 0 spiro atoms. The third-order valence-electron chi connectivity index (χ3n) is 5.98. The average Bonchev–Trinajstić information content (AvgIpc) is 3.53. The standard InChI is InChI=1S/C20H24F3NO5S/c21-20(22,23)30(26,27)29-18-17(14-6-2-1-3-7-14)28-16-9-5-4-8-15(16)24(19(18)25)12-13-10-11-13/h1-3,6-7,13,15-18H,4-5,8-12H2/t15-,16-,17+,18+/m0/s1. The number of carbonyl (C=O) groups is 1. The van der Waals surface area contributed by atoms with Gasteiger partial charge in [-0.25, -0.2) is 4.18 Å². The van der Waals surface area contributed by atoms with Gasteiger partial charge in [-0.1, -0.05) is 43.2 Å². The maximum atomic E-state index is 13.4. The number of rotatable bonds is 5. The van der Waals surface area contributed by atoms with E-state index in [4.69, 9.17) is 4.74 Å². The second-order valence-electron chi connectivity index (χ2n) is 8.21. The van der Waals surface area contributed by atoms with Crippen LogP contribution < -0.4 is 0 Å². The lowest BCUT2D eigenvalue weighted by Gasteiger charge is -2.37. The molecule has 1 saturated heterocycles. The van der Waals surface area contributed by atoms with Gasteiger partial charge in [-0.05, 0) is 37.2 Å². The van der Waals surface area contributed by atoms with Gasteiger partial charge in [-0.2, -0.15) is 21.6 Å². The zero-order valence-corrected chi connectivity index (χ0v) is 17.1. The van der Waals surface area contributed by atoms with Crippen LogP contribution in [0.3, 0.4) is 0 Å². The van der Waals surface area contributed by atoms with E-state index in [1.165, 1.54) is 4.90 Å². The van der Waals surface area contributed by atoms with E-state index < -0.39 is 33.7 Å². The Kier molecular flexibility index (Phi) is 5.84. The Hall–Kier alpha value is -1.65. The number of halogens is 3. The van der Waals surface area contributed by atoms with Crippen molar-refractivity contribution in [1.29, 1.82) is 0 Å². The first kappa shape index (κ1) is 21.6. The van der Waals surface area contributed by atoms with Gasteiger partial charge in [0.15, 0.2) is 6.10 Å². The topological polar surface area (TPSA) is 72.9 Å². The molecule has 10 heteroatoms. The number of fused-ring (bicyclic) bond motifs is 1. The number of ether oxygens (including phenoxy) is 1. The number of carbonyl (C=O) groups excluding carboxylic acids is 1. The van der Waals surface area contributed by atoms with Crippen LogP contribution in [0, 0.1) is 5.92 Å². The molecule has 1 heterocycles. The Morgan fingerprint density at radius 2 is 1.73 bits per heavy atom. The van der Waals surface area contributed by atoms with Gasteiger partial charge in [0.1, 0.15) is 6.10 Å². The summed E-state index contributed by atoms with van der Waals surface area (Å²) in [5.41, 5.74) is -5.22. The van der Waals surface area contributed by atoms with Crippen LogP contribution in [0.4, 0.5) is 13.2 Å². The molecule has 1 amide bonds. The number of benzene rings is 1. The summed E-state index contributed by atoms with van der Waals surface area (Å²) in [6.45, 7) is 0.386. The Labute approximate surface area is 173 Å². The van der Waals surface area contributed by atoms with Crippen molar-refractivity contribution >= 4 is 16.0 Å². The molecule has 3 aliphatic rings. The van der Waals surface area contributed by atoms with Crippen molar-refractivity contribution in [3.05, 3.63) is 35.9 Å². The number of alkyl halides is 3. The van der Waals surface area contributed by atoms with Crippen LogP contribution in [0.2, 0.25) is 0 Å². The zero-order chi connectivity index (χ0) is 21.5. The first-order valence-corrected chi connectivity index (χ1v) is 11.6. The Balaban J connectivity index is 1.75. The Morgan fingerprint density at radius 1 is 1.07 bits per heavy atom. The van der Waals surface area contributed by atoms with Crippen molar-refractivity contribution in [1.82, 2.24) is 4.90 Å². The molecule has 0 bridgehead atoms. The average molecular weight is 447 g/mol. The number of hydrogen-bond acceptors (Lipinski definition) is 5. The lowest BCUT2D eigenvalue weighted by atomic mass is 9.91. The first-order chi connectivity index (χ1) is 14.2. The highest BCUT2D eigenvalue weighted by molar-refractivity contribution is 7.87. The maximum absolute atomic E-state index is 13.4. The molecule has 0 unspecified atom stereocenters. The fraction of sp³-hybridized carbons (Fsp3) is 0.650. The highest BCUT2D eigenvalue weighted by atomic mass is 32.2. The Morgan fingerprint density at radius 3 is 2.37 bits per heavy atom. The molecule has 6 nitrogen and oxygen atoms in total. The fourth-order valence-electron chi connectivity index (χ4n) is 4.29. The number of nitrogens with zero attached hydrogens (tertiary/aromatic N) is 1. The van der Waals surface area contributed by atoms with Crippen molar-refractivity contribution in [2.75, 3.05) is 6.54 Å². The lowest BCUT2D eigenvalue weighted by molar-refractivity contribution is -0.143. The molecular weight excluding hydrogens is 423 g/mol. The number of hydrogen-bond donors (Lipinski definition) is 0. The van der Waals surface area contributed by atoms with E-state index in [2.05, 4.69) is 4.18 Å². The molecule has 1 aromatic rings. The Bertz CT molecular complexity index is 872. The lowest BCUT2D eigenvalue weighted by Crippen LogP contribution is -2.51. The molecular formula is C20H24F3NO5S. The van der Waals surface area contributed by atoms with Gasteiger partial charge >= 0.3 is 15.6 Å². The number of amides is 1. The van der Waals surface area contributed by atoms with Crippen LogP contribution in [-0.4, -0.2) is 49.5 Å². The summed E-state index contributed by atoms with van der Waals surface area (Å²) in [4.78, 5) is 15.0. The summed E-state index contributed by atoms with van der Waals surface area (Å²) >= 11 is 0. The molecule has 3 fully saturated rings. The van der Waals surface area contributed by atoms with Gasteiger partial charge in [0.05, 0.1) is 12.1 Å². The highest BCUT2D eigenvalue weighted by Gasteiger charge is 2.54. The van der Waals surface area contributed by atoms with E-state index in [1.54, 1.807) is 30.3 Å². The summed E-state index contributed by atoms with van der Waals surface area (Å²) < 4.78 is 73.6. The summed E-state index contributed by atoms with van der Waals surface area (Å²) in [6, 6.07) is 7.94. The minimum absolute atomic E-state index is 0.282. The van der Waals surface area contributed by atoms with Crippen LogP contribution in [0.15, 0.2) is 30.3 Å². The molecule has 0 aromatic heterocycles. The largest absolute Gasteiger partial charge is 0.523 e. The maximum Gasteiger partial charge on any atom is 0.523 e. The van der Waals surface area contributed by atoms with Crippen molar-refractivity contribution in [3.8, 4) is 0 Å². The van der Waals surface area contributed by atoms with E-state index in [9.17, 15) is 26.4 Å². The van der Waals surface area contributed by atoms with E-state index >= 15 is 0 Å². The van der Waals surface area contributed by atoms with Crippen LogP contribution in [-0.2, 0) is 23.8 Å². The van der Waals surface area contributed by atoms with Crippen LogP contribution >= 0.6 is 0 Å². The van der Waals surface area contributed by atoms with E-state index in [0.717, 1.165) is 25.7 Å². The van der Waals surface area contributed by atoms with Gasteiger partial charge < -0.3 is 9.64 Å². The minimum atomic E-state index is -5.98. The van der Waals surface area contributed by atoms with E-state index in [-0.39, 0.29) is 18.1 Å². The molecule has 2 saturated carbocycles. The third kappa shape index (κ3) is 4.36. The molecule has 1 aromatic carbocycles. The quantitative estimate of drug-likeness (QED) is 0.510. The SMILES string of the molecule is O=C1[C@H](OS(=O)(=O)C(F)(F)F)[C@@H](c2ccccc2)O[C@H]2CCCC[C@@H]2N1CC1CC1. The second-order valence-corrected chi connectivity index (χ2v) is 9.77. The van der Waals surface area contributed by atoms with Crippen LogP contribution in [0.5, 0.6) is 0 Å². The van der Waals surface area contributed by atoms with Crippen LogP contribution in [0.1, 0.15) is 50.2 Å². The summed E-state index contributed by atoms with van der Waals surface area (Å²) in [7, 11) is -5.98. The molecule has 4 atom stereocenters. The van der Waals surface area contributed by atoms with E-state index in [0.29, 0.717) is 24.9 Å². The smallest absolute Gasteiger partial charge is 0.365 e. The van der Waals surface area contributed by atoms with E-state index in [1.807, 2.05) is 0 Å². The predicted octanol–water partition coefficient (Wildman–Crippen LogP) is 3.54. The zero-order valence-electron chi connectivity index (χ0n) is 16.3. The molecule has 0 N–H and O–H groups in total. The summed E-state index contributed by atoms with van der Waals surface area (Å²) in [5.74, 6) is -0.470. The predicted molar refractivity (Wildman–Crippen MR) is 101 cm³/mol. The molecule has 30 heavy (non-hydrogen) atoms. The summed E-state index contributed by atoms with van der Waals surface area (Å²) in [5, 5.41) is 0. The highest BCUT2D eigenvalue weighted by Crippen LogP contribution is 2.41. The molecule has 1 aliphatic heterocycles. The minimum Gasteiger partial charge on any atom is -0.365 e. The van der Waals surface area contributed by atoms with Crippen molar-refractivity contribution in [2.45, 2.75) is 68.4 Å². The molecule has 4 rings (SSSR count). The first-order valence-electron chi connectivity index (χ1n) is 10.2. The normalized spacial score (nSPS) is 30.6. The fourth-order valence-corrected chi connectivity index (χ4v) is 4.86. The van der Waals surface area contributed by atoms with Gasteiger partial charge in [0.25, 0.3) is 5.91 Å². The van der Waals surface area contributed by atoms with Crippen LogP contribution in [0.25, 0.3) is 0 Å². The van der Waals surface area contributed by atoms with Gasteiger partial charge in [0, 0.05) is 6.54 Å². The van der Waals surface area contributed by atoms with Gasteiger partial charge in [-0.15, -0.1) is 0 Å². The third-order valence-corrected chi connectivity index (χ3v) is 7.01. The molecule has 0 radical (unpaired) electrons. The van der Waals surface area contributed by atoms with Gasteiger partial charge in [-0.3, -0.25) is 4.79 Å². The van der Waals surface area contributed by atoms with Crippen molar-refractivity contribution in [3.63, 3.8) is 0 Å². The second kappa shape index (κ2) is 8.12. The van der Waals surface area contributed by atoms with Crippen molar-refractivity contribution in [2.24, 2.45) is 5.92 Å². The molecule has 2 aliphatic carbocycles.